The van der Waals surface area contributed by atoms with Crippen LogP contribution < -0.4 is 4.74 Å². The average Bonchev–Trinajstić information content (AvgIpc) is 2.60. The Morgan fingerprint density at radius 1 is 1.22 bits per heavy atom. The van der Waals surface area contributed by atoms with Crippen LogP contribution in [0.2, 0.25) is 0 Å². The molecule has 1 aromatic carbocycles. The molecule has 0 radical (unpaired) electrons. The van der Waals surface area contributed by atoms with Crippen molar-refractivity contribution in [3.63, 3.8) is 0 Å². The number of likely N-dealkylation sites (tertiary alicyclic amines) is 1. The van der Waals surface area contributed by atoms with Crippen molar-refractivity contribution in [3.8, 4) is 5.75 Å². The maximum atomic E-state index is 10.2. The van der Waals surface area contributed by atoms with Gasteiger partial charge in [-0.1, -0.05) is 18.2 Å². The van der Waals surface area contributed by atoms with Crippen LogP contribution in [0.25, 0.3) is 0 Å². The van der Waals surface area contributed by atoms with E-state index in [9.17, 15) is 5.11 Å². The van der Waals surface area contributed by atoms with E-state index in [1.165, 1.54) is 0 Å². The number of piperidine rings is 1. The van der Waals surface area contributed by atoms with Crippen LogP contribution in [0.1, 0.15) is 32.6 Å². The maximum absolute atomic E-state index is 10.2. The Morgan fingerprint density at radius 2 is 1.96 bits per heavy atom. The quantitative estimate of drug-likeness (QED) is 0.785. The third kappa shape index (κ3) is 3.70. The summed E-state index contributed by atoms with van der Waals surface area (Å²) in [6.07, 6.45) is 4.07. The Bertz CT molecular complexity index is 469. The molecule has 128 valence electrons. The number of hydrogen-bond donors (Lipinski definition) is 1. The van der Waals surface area contributed by atoms with Crippen molar-refractivity contribution in [2.24, 2.45) is 5.41 Å². The number of nitrogens with zero attached hydrogens (tertiary/aromatic N) is 1. The molecule has 1 aromatic rings. The molecule has 0 bridgehead atoms. The van der Waals surface area contributed by atoms with Crippen LogP contribution in [-0.4, -0.2) is 55.1 Å². The van der Waals surface area contributed by atoms with Gasteiger partial charge < -0.3 is 19.5 Å². The van der Waals surface area contributed by atoms with Crippen molar-refractivity contribution < 1.29 is 14.6 Å². The molecular formula is C19H29NO3. The number of ether oxygens (including phenoxy) is 2. The fraction of sp³-hybridized carbons (Fsp3) is 0.684. The van der Waals surface area contributed by atoms with E-state index in [2.05, 4.69) is 4.90 Å². The lowest BCUT2D eigenvalue weighted by molar-refractivity contribution is -0.209. The first kappa shape index (κ1) is 16.7. The molecular weight excluding hydrogens is 290 g/mol. The van der Waals surface area contributed by atoms with Gasteiger partial charge in [-0.15, -0.1) is 0 Å². The molecule has 4 nitrogen and oxygen atoms in total. The first-order valence-corrected chi connectivity index (χ1v) is 8.94. The van der Waals surface area contributed by atoms with Crippen LogP contribution >= 0.6 is 0 Å². The lowest BCUT2D eigenvalue weighted by Crippen LogP contribution is -2.62. The lowest BCUT2D eigenvalue weighted by Gasteiger charge is -2.56. The summed E-state index contributed by atoms with van der Waals surface area (Å²) < 4.78 is 11.6. The van der Waals surface area contributed by atoms with Gasteiger partial charge in [0.2, 0.25) is 0 Å². The van der Waals surface area contributed by atoms with Crippen LogP contribution in [0, 0.1) is 5.41 Å². The van der Waals surface area contributed by atoms with Gasteiger partial charge >= 0.3 is 0 Å². The van der Waals surface area contributed by atoms with Crippen LogP contribution in [0.3, 0.4) is 0 Å². The van der Waals surface area contributed by atoms with Crippen molar-refractivity contribution in [1.82, 2.24) is 4.90 Å². The smallest absolute Gasteiger partial charge is 0.119 e. The van der Waals surface area contributed by atoms with E-state index in [0.29, 0.717) is 0 Å². The first-order chi connectivity index (χ1) is 11.2. The van der Waals surface area contributed by atoms with Gasteiger partial charge in [-0.25, -0.2) is 0 Å². The van der Waals surface area contributed by atoms with Crippen molar-refractivity contribution >= 4 is 0 Å². The topological polar surface area (TPSA) is 41.9 Å². The van der Waals surface area contributed by atoms with Gasteiger partial charge in [-0.05, 0) is 51.4 Å². The second kappa shape index (κ2) is 7.65. The molecule has 2 aliphatic rings. The summed E-state index contributed by atoms with van der Waals surface area (Å²) in [6, 6.07) is 9.99. The minimum absolute atomic E-state index is 0.0348. The van der Waals surface area contributed by atoms with E-state index in [-0.39, 0.29) is 17.6 Å². The van der Waals surface area contributed by atoms with Gasteiger partial charge in [0.15, 0.2) is 0 Å². The minimum Gasteiger partial charge on any atom is -0.494 e. The summed E-state index contributed by atoms with van der Waals surface area (Å²) in [6.45, 7) is 6.74. The summed E-state index contributed by atoms with van der Waals surface area (Å²) in [5, 5.41) is 10.2. The molecule has 0 amide bonds. The number of hydrogen-bond acceptors (Lipinski definition) is 4. The summed E-state index contributed by atoms with van der Waals surface area (Å²) in [5.74, 6) is 0.947. The minimum atomic E-state index is -0.164. The molecule has 1 saturated heterocycles. The molecule has 2 atom stereocenters. The molecule has 4 heteroatoms. The highest BCUT2D eigenvalue weighted by Crippen LogP contribution is 2.50. The summed E-state index contributed by atoms with van der Waals surface area (Å²) in [5.41, 5.74) is 0.0348. The SMILES string of the molecule is CCOC1CC(O)C12CCN(CCCOc1ccccc1)CC2. The Morgan fingerprint density at radius 3 is 2.61 bits per heavy atom. The largest absolute Gasteiger partial charge is 0.494 e. The fourth-order valence-corrected chi connectivity index (χ4v) is 4.00. The van der Waals surface area contributed by atoms with Gasteiger partial charge in [0.1, 0.15) is 5.75 Å². The predicted molar refractivity (Wildman–Crippen MR) is 90.7 cm³/mol. The highest BCUT2D eigenvalue weighted by Gasteiger charge is 2.55. The Hall–Kier alpha value is -1.10. The molecule has 2 unspecified atom stereocenters. The van der Waals surface area contributed by atoms with Crippen LogP contribution in [0.15, 0.2) is 30.3 Å². The number of aliphatic hydroxyl groups is 1. The Kier molecular flexibility index (Phi) is 5.57. The van der Waals surface area contributed by atoms with Crippen molar-refractivity contribution in [3.05, 3.63) is 30.3 Å². The van der Waals surface area contributed by atoms with E-state index in [0.717, 1.165) is 64.3 Å². The second-order valence-electron chi connectivity index (χ2n) is 6.79. The highest BCUT2D eigenvalue weighted by atomic mass is 16.5. The van der Waals surface area contributed by atoms with E-state index in [1.54, 1.807) is 0 Å². The van der Waals surface area contributed by atoms with Crippen LogP contribution in [0.4, 0.5) is 0 Å². The van der Waals surface area contributed by atoms with Gasteiger partial charge in [0.25, 0.3) is 0 Å². The number of para-hydroxylation sites is 1. The molecule has 1 aliphatic carbocycles. The van der Waals surface area contributed by atoms with Crippen molar-refractivity contribution in [2.45, 2.75) is 44.8 Å². The zero-order chi connectivity index (χ0) is 16.1. The maximum Gasteiger partial charge on any atom is 0.119 e. The molecule has 1 spiro atoms. The van der Waals surface area contributed by atoms with E-state index in [1.807, 2.05) is 37.3 Å². The number of rotatable bonds is 7. The molecule has 1 N–H and O–H groups in total. The van der Waals surface area contributed by atoms with E-state index in [4.69, 9.17) is 9.47 Å². The monoisotopic (exact) mass is 319 g/mol. The van der Waals surface area contributed by atoms with Crippen molar-refractivity contribution in [1.29, 1.82) is 0 Å². The third-order valence-corrected chi connectivity index (χ3v) is 5.53. The summed E-state index contributed by atoms with van der Waals surface area (Å²) in [7, 11) is 0. The number of aliphatic hydroxyl groups excluding tert-OH is 1. The second-order valence-corrected chi connectivity index (χ2v) is 6.79. The normalized spacial score (nSPS) is 26.9. The van der Waals surface area contributed by atoms with Gasteiger partial charge in [0, 0.05) is 25.0 Å². The summed E-state index contributed by atoms with van der Waals surface area (Å²) >= 11 is 0. The highest BCUT2D eigenvalue weighted by molar-refractivity contribution is 5.20. The third-order valence-electron chi connectivity index (χ3n) is 5.53. The first-order valence-electron chi connectivity index (χ1n) is 8.94. The molecule has 1 aliphatic heterocycles. The van der Waals surface area contributed by atoms with Crippen LogP contribution in [0.5, 0.6) is 5.75 Å². The number of benzene rings is 1. The fourth-order valence-electron chi connectivity index (χ4n) is 4.00. The average molecular weight is 319 g/mol. The molecule has 2 fully saturated rings. The van der Waals surface area contributed by atoms with Crippen LogP contribution in [-0.2, 0) is 4.74 Å². The zero-order valence-electron chi connectivity index (χ0n) is 14.1. The van der Waals surface area contributed by atoms with Gasteiger partial charge in [-0.2, -0.15) is 0 Å². The molecule has 1 saturated carbocycles. The van der Waals surface area contributed by atoms with E-state index >= 15 is 0 Å². The standard InChI is InChI=1S/C19H29NO3/c1-2-22-18-15-17(21)19(18)9-12-20(13-10-19)11-6-14-23-16-7-4-3-5-8-16/h3-5,7-8,17-18,21H,2,6,9-15H2,1H3. The zero-order valence-corrected chi connectivity index (χ0v) is 14.1. The molecule has 1 heterocycles. The van der Waals surface area contributed by atoms with Gasteiger partial charge in [0.05, 0.1) is 18.8 Å². The molecule has 3 rings (SSSR count). The molecule has 0 aromatic heterocycles. The lowest BCUT2D eigenvalue weighted by atomic mass is 9.58. The Labute approximate surface area is 139 Å². The predicted octanol–water partition coefficient (Wildman–Crippen LogP) is 2.71. The Balaban J connectivity index is 1.36. The van der Waals surface area contributed by atoms with Gasteiger partial charge in [-0.3, -0.25) is 0 Å². The molecule has 23 heavy (non-hydrogen) atoms. The van der Waals surface area contributed by atoms with Crippen molar-refractivity contribution in [2.75, 3.05) is 32.8 Å². The summed E-state index contributed by atoms with van der Waals surface area (Å²) in [4.78, 5) is 2.49. The van der Waals surface area contributed by atoms with E-state index < -0.39 is 0 Å².